The van der Waals surface area contributed by atoms with E-state index < -0.39 is 9.85 Å². The summed E-state index contributed by atoms with van der Waals surface area (Å²) >= 11 is 0. The predicted octanol–water partition coefficient (Wildman–Crippen LogP) is 9.08. The third-order valence-corrected chi connectivity index (χ3v) is 13.0. The largest absolute Gasteiger partial charge is 0.492 e. The molecule has 3 aliphatic rings. The van der Waals surface area contributed by atoms with Crippen molar-refractivity contribution in [2.75, 3.05) is 83.6 Å². The first-order valence-corrected chi connectivity index (χ1v) is 23.4. The zero-order valence-corrected chi connectivity index (χ0v) is 38.2. The lowest BCUT2D eigenvalue weighted by Gasteiger charge is -2.32. The van der Waals surface area contributed by atoms with Gasteiger partial charge in [0.2, 0.25) is 0 Å². The van der Waals surface area contributed by atoms with Gasteiger partial charge in [-0.1, -0.05) is 103 Å². The van der Waals surface area contributed by atoms with Crippen molar-refractivity contribution in [3.63, 3.8) is 0 Å². The van der Waals surface area contributed by atoms with Gasteiger partial charge >= 0.3 is 0 Å². The second-order valence-corrected chi connectivity index (χ2v) is 17.3. The molecule has 0 amide bonds. The van der Waals surface area contributed by atoms with Gasteiger partial charge in [0.15, 0.2) is 0 Å². The number of para-hydroxylation sites is 3. The molecule has 68 heavy (non-hydrogen) atoms. The Kier molecular flexibility index (Phi) is 15.0. The molecule has 0 radical (unpaired) electrons. The minimum absolute atomic E-state index is 0.278. The van der Waals surface area contributed by atoms with Crippen LogP contribution >= 0.6 is 0 Å². The van der Waals surface area contributed by atoms with Crippen LogP contribution in [-0.2, 0) is 26.2 Å². The number of fused-ring (bicyclic) bond motifs is 17. The minimum Gasteiger partial charge on any atom is -0.492 e. The van der Waals surface area contributed by atoms with Crippen LogP contribution in [0, 0.1) is 20.2 Å². The molecular formula is C54H57N7O7. The molecule has 14 heteroatoms. The summed E-state index contributed by atoms with van der Waals surface area (Å²) in [6, 6.07) is 47.6. The highest BCUT2D eigenvalue weighted by Gasteiger charge is 2.26. The summed E-state index contributed by atoms with van der Waals surface area (Å²) in [5.74, 6) is 2.35. The molecule has 350 valence electrons. The number of nitrogens with one attached hydrogen (secondary N) is 1. The van der Waals surface area contributed by atoms with Crippen LogP contribution in [0.25, 0.3) is 21.5 Å². The molecule has 0 spiro atoms. The SMILES string of the molecule is O=[N+]([O-])c1ccc(N2CCN3CCNCc4ccccc4OCCN(CCOc4ccccc4CN(Cc4c5ccccc5cc5ccccc45)CC3)CCOc3ccccc3C2)c([N+](=O)[O-])c1. The summed E-state index contributed by atoms with van der Waals surface area (Å²) < 4.78 is 19.7. The van der Waals surface area contributed by atoms with Crippen LogP contribution < -0.4 is 24.4 Å². The normalized spacial score (nSPS) is 18.2. The number of benzene rings is 7. The molecule has 0 saturated carbocycles. The first-order valence-electron chi connectivity index (χ1n) is 23.4. The first kappa shape index (κ1) is 46.0. The smallest absolute Gasteiger partial charge is 0.299 e. The molecule has 0 aliphatic carbocycles. The number of non-ortho nitro benzene ring substituents is 1. The van der Waals surface area contributed by atoms with Crippen LogP contribution in [0.15, 0.2) is 146 Å². The molecule has 2 bridgehead atoms. The molecule has 0 saturated heterocycles. The summed E-state index contributed by atoms with van der Waals surface area (Å²) in [5, 5.41) is 33.1. The Labute approximate surface area is 396 Å². The van der Waals surface area contributed by atoms with Crippen LogP contribution in [0.1, 0.15) is 22.3 Å². The standard InChI is InChI=1S/C54H57N7O7/c62-60(63)46-21-22-50(51(36-46)61(64)65)59-28-27-56-24-23-55-37-43-13-3-8-18-52(43)66-32-29-57(31-34-68-54-20-10-5-15-45(54)39-59)30-33-67-53-19-9-4-14-44(53)38-58(26-25-56)40-49-47-16-6-1-11-41(47)35-42-12-2-7-17-48(42)49/h1-22,35-36,55H,23-34,37-40H2. The quantitative estimate of drug-likeness (QED) is 0.100. The minimum atomic E-state index is -0.595. The van der Waals surface area contributed by atoms with Crippen LogP contribution in [0.2, 0.25) is 0 Å². The Morgan fingerprint density at radius 1 is 0.515 bits per heavy atom. The molecule has 0 aromatic heterocycles. The Bertz CT molecular complexity index is 2810. The zero-order valence-electron chi connectivity index (χ0n) is 38.2. The maximum absolute atomic E-state index is 12.7. The fourth-order valence-corrected chi connectivity index (χ4v) is 9.36. The van der Waals surface area contributed by atoms with E-state index in [1.165, 1.54) is 39.2 Å². The van der Waals surface area contributed by atoms with Crippen molar-refractivity contribution in [2.45, 2.75) is 26.2 Å². The third kappa shape index (κ3) is 11.3. The van der Waals surface area contributed by atoms with E-state index in [0.29, 0.717) is 110 Å². The topological polar surface area (TPSA) is 139 Å². The molecule has 7 aromatic carbocycles. The van der Waals surface area contributed by atoms with Crippen molar-refractivity contribution in [1.29, 1.82) is 0 Å². The highest BCUT2D eigenvalue weighted by atomic mass is 16.6. The molecule has 3 heterocycles. The van der Waals surface area contributed by atoms with Crippen molar-refractivity contribution < 1.29 is 24.1 Å². The lowest BCUT2D eigenvalue weighted by Crippen LogP contribution is -2.42. The maximum Gasteiger partial charge on any atom is 0.299 e. The number of hydrogen-bond acceptors (Lipinski definition) is 12. The fourth-order valence-electron chi connectivity index (χ4n) is 9.36. The van der Waals surface area contributed by atoms with Crippen LogP contribution in [-0.4, -0.2) is 103 Å². The van der Waals surface area contributed by atoms with Crippen molar-refractivity contribution >= 4 is 38.6 Å². The van der Waals surface area contributed by atoms with Crippen LogP contribution in [0.3, 0.4) is 0 Å². The number of rotatable bonds is 5. The van der Waals surface area contributed by atoms with E-state index in [2.05, 4.69) is 98.9 Å². The van der Waals surface area contributed by atoms with Crippen molar-refractivity contribution in [2.24, 2.45) is 0 Å². The molecule has 14 nitrogen and oxygen atoms in total. The molecule has 3 aliphatic heterocycles. The van der Waals surface area contributed by atoms with Gasteiger partial charge in [-0.2, -0.15) is 0 Å². The van der Waals surface area contributed by atoms with Gasteiger partial charge in [0, 0.05) is 108 Å². The summed E-state index contributed by atoms with van der Waals surface area (Å²) in [7, 11) is 0. The number of hydrogen-bond donors (Lipinski definition) is 1. The maximum atomic E-state index is 12.7. The van der Waals surface area contributed by atoms with Gasteiger partial charge in [-0.15, -0.1) is 0 Å². The van der Waals surface area contributed by atoms with E-state index in [9.17, 15) is 20.2 Å². The van der Waals surface area contributed by atoms with E-state index in [1.807, 2.05) is 53.4 Å². The predicted molar refractivity (Wildman–Crippen MR) is 267 cm³/mol. The summed E-state index contributed by atoms with van der Waals surface area (Å²) in [5.41, 5.74) is 3.93. The van der Waals surface area contributed by atoms with Gasteiger partial charge < -0.3 is 24.4 Å². The highest BCUT2D eigenvalue weighted by molar-refractivity contribution is 6.02. The van der Waals surface area contributed by atoms with Gasteiger partial charge in [0.1, 0.15) is 42.8 Å². The number of nitro groups is 2. The van der Waals surface area contributed by atoms with Crippen LogP contribution in [0.4, 0.5) is 17.1 Å². The van der Waals surface area contributed by atoms with Gasteiger partial charge in [-0.25, -0.2) is 0 Å². The van der Waals surface area contributed by atoms with Crippen molar-refractivity contribution in [1.82, 2.24) is 20.0 Å². The molecule has 10 rings (SSSR count). The van der Waals surface area contributed by atoms with Crippen molar-refractivity contribution in [3.8, 4) is 17.2 Å². The third-order valence-electron chi connectivity index (χ3n) is 13.0. The fraction of sp³-hybridized carbons (Fsp3) is 0.296. The Hall–Kier alpha value is -7.10. The van der Waals surface area contributed by atoms with E-state index in [-0.39, 0.29) is 17.9 Å². The highest BCUT2D eigenvalue weighted by Crippen LogP contribution is 2.35. The number of nitrogens with zero attached hydrogens (tertiary/aromatic N) is 6. The number of nitro benzene ring substituents is 2. The lowest BCUT2D eigenvalue weighted by atomic mass is 9.96. The van der Waals surface area contributed by atoms with E-state index in [1.54, 1.807) is 0 Å². The average molecular weight is 916 g/mol. The number of anilines is 1. The molecule has 2 atom stereocenters. The monoisotopic (exact) mass is 915 g/mol. The van der Waals surface area contributed by atoms with Crippen LogP contribution in [0.5, 0.6) is 17.2 Å². The summed E-state index contributed by atoms with van der Waals surface area (Å²) in [6.07, 6.45) is 0. The zero-order chi connectivity index (χ0) is 46.7. The Balaban J connectivity index is 1.12. The second-order valence-electron chi connectivity index (χ2n) is 17.3. The van der Waals surface area contributed by atoms with Gasteiger partial charge in [-0.05, 0) is 57.4 Å². The molecule has 1 N–H and O–H groups in total. The lowest BCUT2D eigenvalue weighted by molar-refractivity contribution is -0.393. The van der Waals surface area contributed by atoms with Gasteiger partial charge in [0.05, 0.1) is 15.9 Å². The summed E-state index contributed by atoms with van der Waals surface area (Å²) in [4.78, 5) is 32.6. The van der Waals surface area contributed by atoms with E-state index >= 15 is 0 Å². The molecule has 2 unspecified atom stereocenters. The number of ether oxygens (including phenoxy) is 3. The second kappa shape index (κ2) is 22.1. The molecule has 0 fully saturated rings. The van der Waals surface area contributed by atoms with Crippen molar-refractivity contribution in [3.05, 3.63) is 188 Å². The van der Waals surface area contributed by atoms with E-state index in [4.69, 9.17) is 14.2 Å². The molecular weight excluding hydrogens is 859 g/mol. The molecule has 7 aromatic rings. The van der Waals surface area contributed by atoms with E-state index in [0.717, 1.165) is 34.3 Å². The van der Waals surface area contributed by atoms with Gasteiger partial charge in [0.25, 0.3) is 11.4 Å². The first-order chi connectivity index (χ1) is 33.4. The summed E-state index contributed by atoms with van der Waals surface area (Å²) in [6.45, 7) is 9.03. The van der Waals surface area contributed by atoms with Gasteiger partial charge in [-0.3, -0.25) is 34.9 Å². The Morgan fingerprint density at radius 2 is 1.04 bits per heavy atom. The Morgan fingerprint density at radius 3 is 1.66 bits per heavy atom. The average Bonchev–Trinajstić information content (AvgIpc) is 3.35.